The van der Waals surface area contributed by atoms with Gasteiger partial charge < -0.3 is 14.6 Å². The molecule has 0 spiro atoms. The lowest BCUT2D eigenvalue weighted by Gasteiger charge is -2.23. The van der Waals surface area contributed by atoms with Crippen LogP contribution in [0.15, 0.2) is 77.4 Å². The van der Waals surface area contributed by atoms with Gasteiger partial charge in [0.15, 0.2) is 0 Å². The number of rotatable bonds is 7. The molecule has 1 amide bonds. The van der Waals surface area contributed by atoms with E-state index in [1.165, 1.54) is 31.4 Å². The molecule has 2 aromatic carbocycles. The third-order valence-electron chi connectivity index (χ3n) is 5.55. The predicted molar refractivity (Wildman–Crippen MR) is 121 cm³/mol. The summed E-state index contributed by atoms with van der Waals surface area (Å²) < 4.78 is 5.58. The molecule has 1 fully saturated rings. The molecule has 0 bridgehead atoms. The molecule has 5 nitrogen and oxygen atoms in total. The Morgan fingerprint density at radius 1 is 0.900 bits per heavy atom. The van der Waals surface area contributed by atoms with Gasteiger partial charge in [-0.15, -0.1) is 0 Å². The van der Waals surface area contributed by atoms with Crippen LogP contribution < -0.4 is 15.5 Å². The average Bonchev–Trinajstić information content (AvgIpc) is 3.17. The van der Waals surface area contributed by atoms with E-state index in [9.17, 15) is 4.79 Å². The molecule has 1 aliphatic heterocycles. The summed E-state index contributed by atoms with van der Waals surface area (Å²) in [5, 5.41) is 6.30. The number of carbonyl (C=O) groups is 1. The lowest BCUT2D eigenvalue weighted by Crippen LogP contribution is -2.31. The Bertz CT molecular complexity index is 899. The van der Waals surface area contributed by atoms with Crippen molar-refractivity contribution in [2.45, 2.75) is 31.7 Å². The third kappa shape index (κ3) is 5.30. The molecule has 0 radical (unpaired) electrons. The standard InChI is InChI=1S/C25H29N3O2/c29-24(19-26-25(23-11-8-18-30-23)20-9-4-3-5-10-20)27-21-12-14-22(15-13-21)28-16-6-1-2-7-17-28/h3-5,8-15,18,25-26H,1-2,6-7,16-17,19H2,(H,27,29)/t25-/m0/s1. The first-order valence-corrected chi connectivity index (χ1v) is 10.8. The highest BCUT2D eigenvalue weighted by Crippen LogP contribution is 2.23. The zero-order valence-electron chi connectivity index (χ0n) is 17.2. The minimum atomic E-state index is -0.169. The molecule has 2 N–H and O–H groups in total. The number of nitrogens with zero attached hydrogens (tertiary/aromatic N) is 1. The molecular formula is C25H29N3O2. The molecule has 2 heterocycles. The van der Waals surface area contributed by atoms with Crippen molar-refractivity contribution in [3.05, 3.63) is 84.3 Å². The summed E-state index contributed by atoms with van der Waals surface area (Å²) in [5.41, 5.74) is 3.10. The zero-order chi connectivity index (χ0) is 20.6. The second kappa shape index (κ2) is 10.1. The summed E-state index contributed by atoms with van der Waals surface area (Å²) >= 11 is 0. The summed E-state index contributed by atoms with van der Waals surface area (Å²) in [5.74, 6) is 0.709. The van der Waals surface area contributed by atoms with Gasteiger partial charge in [-0.05, 0) is 54.8 Å². The first-order valence-electron chi connectivity index (χ1n) is 10.8. The number of hydrogen-bond acceptors (Lipinski definition) is 4. The molecule has 156 valence electrons. The SMILES string of the molecule is O=C(CN[C@@H](c1ccccc1)c1ccco1)Nc1ccc(N2CCCCCC2)cc1. The minimum absolute atomic E-state index is 0.0787. The molecule has 0 aliphatic carbocycles. The van der Waals surface area contributed by atoms with Gasteiger partial charge in [-0.2, -0.15) is 0 Å². The number of furan rings is 1. The Morgan fingerprint density at radius 2 is 1.63 bits per heavy atom. The summed E-state index contributed by atoms with van der Waals surface area (Å²) in [6.45, 7) is 2.42. The van der Waals surface area contributed by atoms with Crippen molar-refractivity contribution in [1.29, 1.82) is 0 Å². The van der Waals surface area contributed by atoms with E-state index in [1.54, 1.807) is 6.26 Å². The average molecular weight is 404 g/mol. The van der Waals surface area contributed by atoms with Crippen LogP contribution in [-0.4, -0.2) is 25.5 Å². The molecule has 3 aromatic rings. The number of amides is 1. The smallest absolute Gasteiger partial charge is 0.238 e. The minimum Gasteiger partial charge on any atom is -0.467 e. The fraction of sp³-hybridized carbons (Fsp3) is 0.320. The van der Waals surface area contributed by atoms with E-state index in [4.69, 9.17) is 4.42 Å². The van der Waals surface area contributed by atoms with Crippen LogP contribution in [0.1, 0.15) is 43.0 Å². The van der Waals surface area contributed by atoms with Crippen molar-refractivity contribution in [1.82, 2.24) is 5.32 Å². The Kier molecular flexibility index (Phi) is 6.83. The Labute approximate surface area is 178 Å². The zero-order valence-corrected chi connectivity index (χ0v) is 17.2. The van der Waals surface area contributed by atoms with Crippen molar-refractivity contribution in [2.24, 2.45) is 0 Å². The van der Waals surface area contributed by atoms with Gasteiger partial charge in [0.1, 0.15) is 5.76 Å². The van der Waals surface area contributed by atoms with E-state index in [0.717, 1.165) is 30.1 Å². The van der Waals surface area contributed by atoms with E-state index in [0.29, 0.717) is 0 Å². The van der Waals surface area contributed by atoms with Crippen LogP contribution >= 0.6 is 0 Å². The normalized spacial score (nSPS) is 15.4. The summed E-state index contributed by atoms with van der Waals surface area (Å²) in [4.78, 5) is 15.0. The monoisotopic (exact) mass is 403 g/mol. The van der Waals surface area contributed by atoms with Gasteiger partial charge in [0.2, 0.25) is 5.91 Å². The maximum atomic E-state index is 12.5. The lowest BCUT2D eigenvalue weighted by molar-refractivity contribution is -0.115. The van der Waals surface area contributed by atoms with Crippen molar-refractivity contribution >= 4 is 17.3 Å². The van der Waals surface area contributed by atoms with Gasteiger partial charge in [-0.1, -0.05) is 43.2 Å². The van der Waals surface area contributed by atoms with Gasteiger partial charge >= 0.3 is 0 Å². The molecule has 0 unspecified atom stereocenters. The number of benzene rings is 2. The maximum Gasteiger partial charge on any atom is 0.238 e. The molecular weight excluding hydrogens is 374 g/mol. The third-order valence-corrected chi connectivity index (χ3v) is 5.55. The maximum absolute atomic E-state index is 12.5. The van der Waals surface area contributed by atoms with E-state index in [-0.39, 0.29) is 18.5 Å². The first-order chi connectivity index (χ1) is 14.8. The van der Waals surface area contributed by atoms with Crippen molar-refractivity contribution in [2.75, 3.05) is 29.9 Å². The Balaban J connectivity index is 1.34. The number of nitrogens with one attached hydrogen (secondary N) is 2. The predicted octanol–water partition coefficient (Wildman–Crippen LogP) is 4.98. The molecule has 0 saturated carbocycles. The van der Waals surface area contributed by atoms with Crippen molar-refractivity contribution in [3.63, 3.8) is 0 Å². The van der Waals surface area contributed by atoms with E-state index in [2.05, 4.69) is 27.7 Å². The first kappa shape index (κ1) is 20.2. The Morgan fingerprint density at radius 3 is 2.30 bits per heavy atom. The summed E-state index contributed by atoms with van der Waals surface area (Å²) in [6, 6.07) is 21.8. The van der Waals surface area contributed by atoms with E-state index >= 15 is 0 Å². The van der Waals surface area contributed by atoms with Crippen molar-refractivity contribution in [3.8, 4) is 0 Å². The highest BCUT2D eigenvalue weighted by Gasteiger charge is 2.17. The topological polar surface area (TPSA) is 57.5 Å². The van der Waals surface area contributed by atoms with Gasteiger partial charge in [-0.3, -0.25) is 10.1 Å². The number of hydrogen-bond donors (Lipinski definition) is 2. The number of carbonyl (C=O) groups excluding carboxylic acids is 1. The summed E-state index contributed by atoms with van der Waals surface area (Å²) in [7, 11) is 0. The van der Waals surface area contributed by atoms with Gasteiger partial charge in [0.05, 0.1) is 18.8 Å². The lowest BCUT2D eigenvalue weighted by atomic mass is 10.0. The highest BCUT2D eigenvalue weighted by molar-refractivity contribution is 5.92. The molecule has 1 aromatic heterocycles. The fourth-order valence-electron chi connectivity index (χ4n) is 3.97. The molecule has 5 heteroatoms. The van der Waals surface area contributed by atoms with Gasteiger partial charge in [-0.25, -0.2) is 0 Å². The molecule has 4 rings (SSSR count). The van der Waals surface area contributed by atoms with Crippen LogP contribution in [0.25, 0.3) is 0 Å². The molecule has 1 aliphatic rings. The Hall–Kier alpha value is -3.05. The van der Waals surface area contributed by atoms with Crippen LogP contribution in [0.4, 0.5) is 11.4 Å². The molecule has 1 saturated heterocycles. The summed E-state index contributed by atoms with van der Waals surface area (Å²) in [6.07, 6.45) is 6.79. The van der Waals surface area contributed by atoms with Crippen LogP contribution in [0.3, 0.4) is 0 Å². The van der Waals surface area contributed by atoms with Crippen LogP contribution in [0, 0.1) is 0 Å². The fourth-order valence-corrected chi connectivity index (χ4v) is 3.97. The van der Waals surface area contributed by atoms with Crippen LogP contribution in [0.2, 0.25) is 0 Å². The van der Waals surface area contributed by atoms with Crippen LogP contribution in [-0.2, 0) is 4.79 Å². The second-order valence-corrected chi connectivity index (χ2v) is 7.74. The van der Waals surface area contributed by atoms with E-state index < -0.39 is 0 Å². The largest absolute Gasteiger partial charge is 0.467 e. The molecule has 1 atom stereocenters. The second-order valence-electron chi connectivity index (χ2n) is 7.74. The van der Waals surface area contributed by atoms with Crippen LogP contribution in [0.5, 0.6) is 0 Å². The number of anilines is 2. The molecule has 30 heavy (non-hydrogen) atoms. The van der Waals surface area contributed by atoms with Crippen molar-refractivity contribution < 1.29 is 9.21 Å². The van der Waals surface area contributed by atoms with Gasteiger partial charge in [0.25, 0.3) is 0 Å². The van der Waals surface area contributed by atoms with E-state index in [1.807, 2.05) is 54.6 Å². The quantitative estimate of drug-likeness (QED) is 0.584. The van der Waals surface area contributed by atoms with Gasteiger partial charge in [0, 0.05) is 24.5 Å². The highest BCUT2D eigenvalue weighted by atomic mass is 16.3.